The average Bonchev–Trinajstić information content (AvgIpc) is 2.90. The van der Waals surface area contributed by atoms with Crippen LogP contribution >= 0.6 is 12.2 Å². The normalized spacial score (nSPS) is 10.4. The number of nitrogens with zero attached hydrogens (tertiary/aromatic N) is 6. The number of hydrogen-bond acceptors (Lipinski definition) is 7. The monoisotopic (exact) mass is 316 g/mol. The number of halogens is 1. The minimum atomic E-state index is -0.680. The molecule has 0 fully saturated rings. The summed E-state index contributed by atoms with van der Waals surface area (Å²) in [6, 6.07) is 4.04. The van der Waals surface area contributed by atoms with E-state index in [-0.39, 0.29) is 11.8 Å². The molecule has 0 spiro atoms. The Bertz CT molecular complexity index is 950. The van der Waals surface area contributed by atoms with Gasteiger partial charge in [-0.05, 0) is 24.4 Å². The third-order valence-corrected chi connectivity index (χ3v) is 2.90. The molecule has 0 N–H and O–H groups in total. The van der Waals surface area contributed by atoms with Crippen molar-refractivity contribution in [3.05, 3.63) is 46.7 Å². The third kappa shape index (κ3) is 2.32. The molecule has 2 aromatic heterocycles. The highest BCUT2D eigenvalue weighted by Gasteiger charge is 2.18. The van der Waals surface area contributed by atoms with Gasteiger partial charge in [0.05, 0.1) is 21.1 Å². The maximum atomic E-state index is 13.4. The number of isothiocyanates is 1. The van der Waals surface area contributed by atoms with E-state index in [9.17, 15) is 14.5 Å². The first kappa shape index (κ1) is 13.9. The van der Waals surface area contributed by atoms with Gasteiger partial charge in [0.1, 0.15) is 18.3 Å². The highest BCUT2D eigenvalue weighted by Crippen LogP contribution is 2.25. The van der Waals surface area contributed by atoms with Gasteiger partial charge in [-0.1, -0.05) is 0 Å². The van der Waals surface area contributed by atoms with E-state index >= 15 is 0 Å². The Balaban J connectivity index is 2.22. The van der Waals surface area contributed by atoms with Crippen molar-refractivity contribution in [2.45, 2.75) is 0 Å². The lowest BCUT2D eigenvalue weighted by atomic mass is 10.3. The van der Waals surface area contributed by atoms with Crippen molar-refractivity contribution in [1.82, 2.24) is 19.5 Å². The fraction of sp³-hybridized carbons (Fsp3) is 0. The second kappa shape index (κ2) is 5.35. The Morgan fingerprint density at radius 1 is 1.41 bits per heavy atom. The van der Waals surface area contributed by atoms with Crippen LogP contribution in [-0.2, 0) is 0 Å². The number of fused-ring (bicyclic) bond motifs is 1. The number of hydrogen-bond donors (Lipinski definition) is 0. The van der Waals surface area contributed by atoms with Crippen LogP contribution < -0.4 is 0 Å². The highest BCUT2D eigenvalue weighted by atomic mass is 32.1. The number of benzene rings is 1. The molecule has 0 saturated heterocycles. The van der Waals surface area contributed by atoms with E-state index in [0.717, 1.165) is 6.20 Å². The van der Waals surface area contributed by atoms with Crippen LogP contribution in [0.4, 0.5) is 15.9 Å². The van der Waals surface area contributed by atoms with Gasteiger partial charge in [0.15, 0.2) is 0 Å². The van der Waals surface area contributed by atoms with E-state index in [1.54, 1.807) is 0 Å². The minimum absolute atomic E-state index is 0.0581. The van der Waals surface area contributed by atoms with Gasteiger partial charge in [-0.25, -0.2) is 14.4 Å². The zero-order valence-electron chi connectivity index (χ0n) is 10.7. The van der Waals surface area contributed by atoms with Crippen LogP contribution in [0.5, 0.6) is 0 Å². The van der Waals surface area contributed by atoms with Crippen molar-refractivity contribution in [2.75, 3.05) is 0 Å². The first-order chi connectivity index (χ1) is 10.6. The third-order valence-electron chi connectivity index (χ3n) is 2.81. The number of aliphatic imine (C=N–C) groups is 1. The zero-order chi connectivity index (χ0) is 15.7. The second-order valence-corrected chi connectivity index (χ2v) is 4.27. The van der Waals surface area contributed by atoms with Gasteiger partial charge >= 0.3 is 5.69 Å². The summed E-state index contributed by atoms with van der Waals surface area (Å²) in [6.07, 6.45) is 2.38. The maximum absolute atomic E-state index is 13.4. The van der Waals surface area contributed by atoms with Crippen molar-refractivity contribution in [3.63, 3.8) is 0 Å². The van der Waals surface area contributed by atoms with E-state index in [4.69, 9.17) is 0 Å². The van der Waals surface area contributed by atoms with Crippen LogP contribution in [0.1, 0.15) is 0 Å². The molecule has 108 valence electrons. The molecule has 0 atom stereocenters. The van der Waals surface area contributed by atoms with Gasteiger partial charge in [0.2, 0.25) is 11.8 Å². The van der Waals surface area contributed by atoms with Crippen molar-refractivity contribution in [2.24, 2.45) is 4.99 Å². The molecular formula is C12H5FN6O2S. The Kier molecular flexibility index (Phi) is 3.37. The second-order valence-electron chi connectivity index (χ2n) is 4.09. The van der Waals surface area contributed by atoms with Crippen LogP contribution in [0.25, 0.3) is 17.0 Å². The molecule has 0 aliphatic heterocycles. The summed E-state index contributed by atoms with van der Waals surface area (Å²) in [5.41, 5.74) is 0.547. The number of thiocarbonyl (C=S) groups is 1. The smallest absolute Gasteiger partial charge is 0.267 e. The first-order valence-electron chi connectivity index (χ1n) is 5.82. The van der Waals surface area contributed by atoms with Gasteiger partial charge < -0.3 is 0 Å². The van der Waals surface area contributed by atoms with E-state index in [2.05, 4.69) is 32.2 Å². The molecule has 0 bridgehead atoms. The van der Waals surface area contributed by atoms with Crippen LogP contribution in [-0.4, -0.2) is 29.6 Å². The van der Waals surface area contributed by atoms with E-state index in [1.807, 2.05) is 5.16 Å². The van der Waals surface area contributed by atoms with Crippen LogP contribution in [0.3, 0.4) is 0 Å². The Hall–Kier alpha value is -3.10. The molecule has 22 heavy (non-hydrogen) atoms. The number of rotatable bonds is 3. The summed E-state index contributed by atoms with van der Waals surface area (Å²) in [7, 11) is 0. The Morgan fingerprint density at radius 2 is 2.23 bits per heavy atom. The summed E-state index contributed by atoms with van der Waals surface area (Å²) in [6.45, 7) is 0. The quantitative estimate of drug-likeness (QED) is 0.319. The molecule has 3 rings (SSSR count). The molecular weight excluding hydrogens is 311 g/mol. The van der Waals surface area contributed by atoms with Crippen molar-refractivity contribution in [1.29, 1.82) is 0 Å². The van der Waals surface area contributed by atoms with Gasteiger partial charge in [0, 0.05) is 6.07 Å². The number of nitro groups is 1. The minimum Gasteiger partial charge on any atom is -0.267 e. The predicted octanol–water partition coefficient (Wildman–Crippen LogP) is 2.60. The van der Waals surface area contributed by atoms with Crippen LogP contribution in [0.2, 0.25) is 0 Å². The molecule has 3 aromatic rings. The summed E-state index contributed by atoms with van der Waals surface area (Å²) in [5, 5.41) is 12.9. The largest absolute Gasteiger partial charge is 0.332 e. The molecule has 10 heteroatoms. The molecule has 0 saturated carbocycles. The van der Waals surface area contributed by atoms with Crippen molar-refractivity contribution in [3.8, 4) is 5.95 Å². The summed E-state index contributed by atoms with van der Waals surface area (Å²) >= 11 is 4.45. The SMILES string of the molecule is O=[N+]([O-])c1cnc(-n2cnc3ccc(F)cc32)nc1N=C=S. The Morgan fingerprint density at radius 3 is 2.95 bits per heavy atom. The molecule has 0 radical (unpaired) electrons. The lowest BCUT2D eigenvalue weighted by Crippen LogP contribution is -2.02. The van der Waals surface area contributed by atoms with Gasteiger partial charge in [-0.2, -0.15) is 9.98 Å². The maximum Gasteiger partial charge on any atom is 0.332 e. The van der Waals surface area contributed by atoms with Crippen molar-refractivity contribution >= 4 is 39.9 Å². The molecule has 0 aliphatic carbocycles. The number of aromatic nitrogens is 4. The first-order valence-corrected chi connectivity index (χ1v) is 6.23. The average molecular weight is 316 g/mol. The molecule has 0 amide bonds. The molecule has 2 heterocycles. The topological polar surface area (TPSA) is 99.1 Å². The van der Waals surface area contributed by atoms with Crippen LogP contribution in [0.15, 0.2) is 35.7 Å². The van der Waals surface area contributed by atoms with E-state index < -0.39 is 16.4 Å². The molecule has 1 aromatic carbocycles. The van der Waals surface area contributed by atoms with E-state index in [0.29, 0.717) is 11.0 Å². The lowest BCUT2D eigenvalue weighted by molar-refractivity contribution is -0.384. The predicted molar refractivity (Wildman–Crippen MR) is 78.0 cm³/mol. The fourth-order valence-electron chi connectivity index (χ4n) is 1.87. The zero-order valence-corrected chi connectivity index (χ0v) is 11.5. The van der Waals surface area contributed by atoms with Gasteiger partial charge in [-0.15, -0.1) is 0 Å². The molecule has 0 unspecified atom stereocenters. The molecule has 0 aliphatic rings. The fourth-order valence-corrected chi connectivity index (χ4v) is 1.95. The van der Waals surface area contributed by atoms with Gasteiger partial charge in [0.25, 0.3) is 0 Å². The summed E-state index contributed by atoms with van der Waals surface area (Å²) in [5.74, 6) is -0.626. The Labute approximate surface area is 127 Å². The lowest BCUT2D eigenvalue weighted by Gasteiger charge is -2.03. The standard InChI is InChI=1S/C12H5FN6O2S/c13-7-1-2-8-9(3-7)18(5-15-8)12-14-4-10(19(20)21)11(17-12)16-6-22/h1-5H. The summed E-state index contributed by atoms with van der Waals surface area (Å²) in [4.78, 5) is 25.7. The molecule has 8 nitrogen and oxygen atoms in total. The van der Waals surface area contributed by atoms with E-state index in [1.165, 1.54) is 29.1 Å². The highest BCUT2D eigenvalue weighted by molar-refractivity contribution is 7.78. The van der Waals surface area contributed by atoms with Crippen LogP contribution in [0, 0.1) is 15.9 Å². The van der Waals surface area contributed by atoms with Gasteiger partial charge in [-0.3, -0.25) is 14.7 Å². The summed E-state index contributed by atoms with van der Waals surface area (Å²) < 4.78 is 14.8. The van der Waals surface area contributed by atoms with Crippen molar-refractivity contribution < 1.29 is 9.31 Å². The number of imidazole rings is 1.